The lowest BCUT2D eigenvalue weighted by Crippen LogP contribution is -2.54. The van der Waals surface area contributed by atoms with Crippen LogP contribution in [0.1, 0.15) is 32.6 Å². The van der Waals surface area contributed by atoms with E-state index in [1.54, 1.807) is 6.20 Å². The van der Waals surface area contributed by atoms with Crippen molar-refractivity contribution in [3.63, 3.8) is 0 Å². The van der Waals surface area contributed by atoms with Crippen molar-refractivity contribution in [3.05, 3.63) is 36.5 Å². The van der Waals surface area contributed by atoms with Gasteiger partial charge in [-0.3, -0.25) is 9.78 Å². The first-order valence-electron chi connectivity index (χ1n) is 11.0. The number of aliphatic hydroxyl groups is 2. The van der Waals surface area contributed by atoms with Gasteiger partial charge >= 0.3 is 0 Å². The van der Waals surface area contributed by atoms with E-state index >= 15 is 0 Å². The van der Waals surface area contributed by atoms with Crippen LogP contribution in [0.3, 0.4) is 0 Å². The van der Waals surface area contributed by atoms with E-state index in [4.69, 9.17) is 4.74 Å². The second-order valence-corrected chi connectivity index (χ2v) is 8.22. The fourth-order valence-corrected chi connectivity index (χ4v) is 4.02. The summed E-state index contributed by atoms with van der Waals surface area (Å²) in [4.78, 5) is 18.5. The summed E-state index contributed by atoms with van der Waals surface area (Å²) in [5, 5.41) is 27.3. The van der Waals surface area contributed by atoms with Crippen LogP contribution < -0.4 is 10.6 Å². The van der Waals surface area contributed by atoms with E-state index in [9.17, 15) is 15.0 Å². The smallest absolute Gasteiger partial charge is 0.220 e. The number of carbonyl (C=O) groups is 1. The number of anilines is 1. The third kappa shape index (κ3) is 6.61. The molecular formula is C23H34N4O4. The topological polar surface area (TPSA) is 107 Å². The molecule has 1 aromatic heterocycles. The highest BCUT2D eigenvalue weighted by Crippen LogP contribution is 2.23. The van der Waals surface area contributed by atoms with E-state index < -0.39 is 12.4 Å². The Kier molecular flexibility index (Phi) is 8.60. The maximum Gasteiger partial charge on any atom is 0.220 e. The fourth-order valence-electron chi connectivity index (χ4n) is 4.02. The number of amides is 1. The molecule has 4 N–H and O–H groups in total. The lowest BCUT2D eigenvalue weighted by molar-refractivity contribution is -0.231. The number of hydrogen-bond acceptors (Lipinski definition) is 7. The average molecular weight is 431 g/mol. The Bertz CT molecular complexity index is 844. The van der Waals surface area contributed by atoms with Gasteiger partial charge < -0.3 is 30.5 Å². The summed E-state index contributed by atoms with van der Waals surface area (Å²) >= 11 is 0. The summed E-state index contributed by atoms with van der Waals surface area (Å²) in [5.41, 5.74) is 1.98. The zero-order valence-corrected chi connectivity index (χ0v) is 18.3. The standard InChI is InChI=1S/C23H34N4O4/c1-16-15-20(22(29)23(30)31-16)27(2)14-6-12-26-21(28)9-5-11-24-19-10-13-25-18-8-4-3-7-17(18)19/h3-4,7-8,10,13,16,20,22-23,29-30H,5-6,9,11-12,14-15H2,1-2H3,(H,24,25)(H,26,28)/t16-,20+,22-,23-/m1/s1. The Labute approximate surface area is 183 Å². The highest BCUT2D eigenvalue weighted by molar-refractivity contribution is 5.90. The first-order chi connectivity index (χ1) is 15.0. The van der Waals surface area contributed by atoms with Gasteiger partial charge in [0.05, 0.1) is 11.6 Å². The van der Waals surface area contributed by atoms with Crippen LogP contribution in [0.4, 0.5) is 5.69 Å². The second-order valence-electron chi connectivity index (χ2n) is 8.22. The number of aliphatic hydroxyl groups excluding tert-OH is 2. The number of ether oxygens (including phenoxy) is 1. The highest BCUT2D eigenvalue weighted by Gasteiger charge is 2.36. The van der Waals surface area contributed by atoms with Crippen LogP contribution in [-0.4, -0.2) is 77.2 Å². The second kappa shape index (κ2) is 11.4. The predicted octanol–water partition coefficient (Wildman–Crippen LogP) is 1.72. The minimum atomic E-state index is -1.14. The summed E-state index contributed by atoms with van der Waals surface area (Å²) in [7, 11) is 1.93. The Hall–Kier alpha value is -2.26. The molecule has 1 saturated heterocycles. The van der Waals surface area contributed by atoms with Gasteiger partial charge in [0.2, 0.25) is 5.91 Å². The molecule has 1 fully saturated rings. The number of hydrogen-bond donors (Lipinski definition) is 4. The quantitative estimate of drug-likeness (QED) is 0.425. The zero-order valence-electron chi connectivity index (χ0n) is 18.3. The van der Waals surface area contributed by atoms with Crippen LogP contribution in [0.25, 0.3) is 10.9 Å². The van der Waals surface area contributed by atoms with Crippen molar-refractivity contribution < 1.29 is 19.7 Å². The van der Waals surface area contributed by atoms with E-state index in [1.165, 1.54) is 0 Å². The molecule has 0 saturated carbocycles. The molecule has 0 spiro atoms. The fraction of sp³-hybridized carbons (Fsp3) is 0.565. The van der Waals surface area contributed by atoms with Crippen molar-refractivity contribution in [2.24, 2.45) is 0 Å². The lowest BCUT2D eigenvalue weighted by atomic mass is 9.99. The molecule has 4 atom stereocenters. The van der Waals surface area contributed by atoms with Crippen molar-refractivity contribution in [1.82, 2.24) is 15.2 Å². The van der Waals surface area contributed by atoms with E-state index in [0.717, 1.165) is 36.0 Å². The van der Waals surface area contributed by atoms with Crippen LogP contribution in [0, 0.1) is 0 Å². The summed E-state index contributed by atoms with van der Waals surface area (Å²) in [5.74, 6) is 0.0409. The first kappa shape index (κ1) is 23.4. The highest BCUT2D eigenvalue weighted by atomic mass is 16.6. The normalized spacial score (nSPS) is 23.8. The maximum absolute atomic E-state index is 12.1. The number of aromatic nitrogens is 1. The van der Waals surface area contributed by atoms with Gasteiger partial charge in [-0.15, -0.1) is 0 Å². The molecule has 0 unspecified atom stereocenters. The van der Waals surface area contributed by atoms with E-state index in [0.29, 0.717) is 25.9 Å². The molecule has 2 aromatic rings. The monoisotopic (exact) mass is 430 g/mol. The molecular weight excluding hydrogens is 396 g/mol. The average Bonchev–Trinajstić information content (AvgIpc) is 2.76. The number of nitrogens with zero attached hydrogens (tertiary/aromatic N) is 2. The molecule has 8 heteroatoms. The van der Waals surface area contributed by atoms with E-state index in [1.807, 2.05) is 49.2 Å². The summed E-state index contributed by atoms with van der Waals surface area (Å²) in [6, 6.07) is 9.78. The molecule has 170 valence electrons. The van der Waals surface area contributed by atoms with Crippen molar-refractivity contribution in [2.75, 3.05) is 32.0 Å². The Morgan fingerprint density at radius 3 is 2.87 bits per heavy atom. The number of carbonyl (C=O) groups excluding carboxylic acids is 1. The SMILES string of the molecule is C[C@@H]1C[C@H](N(C)CCCNC(=O)CCCNc2ccnc3ccccc23)[C@@H](O)[C@H](O)O1. The van der Waals surface area contributed by atoms with Gasteiger partial charge in [0, 0.05) is 42.8 Å². The molecule has 2 heterocycles. The summed E-state index contributed by atoms with van der Waals surface area (Å²) in [6.07, 6.45) is 2.29. The van der Waals surface area contributed by atoms with Crippen LogP contribution in [-0.2, 0) is 9.53 Å². The molecule has 31 heavy (non-hydrogen) atoms. The minimum absolute atomic E-state index is 0.0409. The van der Waals surface area contributed by atoms with Crippen molar-refractivity contribution in [1.29, 1.82) is 0 Å². The zero-order chi connectivity index (χ0) is 22.2. The largest absolute Gasteiger partial charge is 0.386 e. The number of para-hydroxylation sites is 1. The van der Waals surface area contributed by atoms with Crippen molar-refractivity contribution >= 4 is 22.5 Å². The first-order valence-corrected chi connectivity index (χ1v) is 11.0. The van der Waals surface area contributed by atoms with E-state index in [-0.39, 0.29) is 18.1 Å². The minimum Gasteiger partial charge on any atom is -0.386 e. The number of nitrogens with one attached hydrogen (secondary N) is 2. The third-order valence-electron chi connectivity index (χ3n) is 5.75. The third-order valence-corrected chi connectivity index (χ3v) is 5.75. The number of rotatable bonds is 10. The molecule has 0 bridgehead atoms. The van der Waals surface area contributed by atoms with Gasteiger partial charge in [0.25, 0.3) is 0 Å². The van der Waals surface area contributed by atoms with Crippen LogP contribution >= 0.6 is 0 Å². The van der Waals surface area contributed by atoms with Crippen LogP contribution in [0.5, 0.6) is 0 Å². The maximum atomic E-state index is 12.1. The van der Waals surface area contributed by atoms with Crippen molar-refractivity contribution in [2.45, 2.75) is 57.1 Å². The molecule has 0 aliphatic carbocycles. The summed E-state index contributed by atoms with van der Waals surface area (Å²) in [6.45, 7) is 3.91. The number of likely N-dealkylation sites (N-methyl/N-ethyl adjacent to an activating group) is 1. The molecule has 1 aliphatic heterocycles. The van der Waals surface area contributed by atoms with Gasteiger partial charge in [-0.2, -0.15) is 0 Å². The van der Waals surface area contributed by atoms with Gasteiger partial charge in [-0.25, -0.2) is 0 Å². The molecule has 1 aliphatic rings. The van der Waals surface area contributed by atoms with Gasteiger partial charge in [-0.05, 0) is 51.9 Å². The number of pyridine rings is 1. The van der Waals surface area contributed by atoms with Gasteiger partial charge in [0.15, 0.2) is 6.29 Å². The van der Waals surface area contributed by atoms with Crippen LogP contribution in [0.2, 0.25) is 0 Å². The molecule has 3 rings (SSSR count). The van der Waals surface area contributed by atoms with Gasteiger partial charge in [0.1, 0.15) is 6.10 Å². The van der Waals surface area contributed by atoms with Crippen LogP contribution in [0.15, 0.2) is 36.5 Å². The molecule has 1 aromatic carbocycles. The predicted molar refractivity (Wildman–Crippen MR) is 121 cm³/mol. The van der Waals surface area contributed by atoms with E-state index in [2.05, 4.69) is 15.6 Å². The molecule has 8 nitrogen and oxygen atoms in total. The lowest BCUT2D eigenvalue weighted by Gasteiger charge is -2.40. The Balaban J connectivity index is 1.30. The molecule has 1 amide bonds. The van der Waals surface area contributed by atoms with Crippen molar-refractivity contribution in [3.8, 4) is 0 Å². The number of benzene rings is 1. The van der Waals surface area contributed by atoms with Gasteiger partial charge in [-0.1, -0.05) is 18.2 Å². The Morgan fingerprint density at radius 1 is 1.23 bits per heavy atom. The molecule has 0 radical (unpaired) electrons. The number of fused-ring (bicyclic) bond motifs is 1. The summed E-state index contributed by atoms with van der Waals surface area (Å²) < 4.78 is 5.25. The Morgan fingerprint density at radius 2 is 2.03 bits per heavy atom.